The zero-order chi connectivity index (χ0) is 8.43. The van der Waals surface area contributed by atoms with E-state index < -0.39 is 5.97 Å². The minimum Gasteiger partial charge on any atom is -0.481 e. The van der Waals surface area contributed by atoms with Crippen LogP contribution in [0.3, 0.4) is 0 Å². The van der Waals surface area contributed by atoms with Crippen LogP contribution in [0.5, 0.6) is 0 Å². The highest BCUT2D eigenvalue weighted by Gasteiger charge is 2.08. The van der Waals surface area contributed by atoms with E-state index in [1.165, 1.54) is 11.3 Å². The summed E-state index contributed by atoms with van der Waals surface area (Å²) in [5.74, 6) is -0.856. The second-order valence-electron chi connectivity index (χ2n) is 1.99. The van der Waals surface area contributed by atoms with Gasteiger partial charge in [0.05, 0.1) is 16.6 Å². The van der Waals surface area contributed by atoms with Crippen LogP contribution >= 0.6 is 27.3 Å². The number of nitrogens with two attached hydrogens (primary N) is 1. The Morgan fingerprint density at radius 1 is 1.82 bits per heavy atom. The number of carboxylic acid groups (broad SMARTS) is 1. The van der Waals surface area contributed by atoms with Crippen molar-refractivity contribution < 1.29 is 9.90 Å². The van der Waals surface area contributed by atoms with Gasteiger partial charge in [-0.05, 0) is 15.9 Å². The van der Waals surface area contributed by atoms with Crippen LogP contribution in [-0.2, 0) is 11.2 Å². The maximum atomic E-state index is 10.3. The van der Waals surface area contributed by atoms with Gasteiger partial charge in [0.25, 0.3) is 0 Å². The number of aliphatic carboxylic acids is 1. The fourth-order valence-electron chi connectivity index (χ4n) is 0.657. The van der Waals surface area contributed by atoms with Gasteiger partial charge in [-0.15, -0.1) is 11.3 Å². The molecule has 1 aromatic heterocycles. The minimum atomic E-state index is -0.856. The average molecular weight is 236 g/mol. The summed E-state index contributed by atoms with van der Waals surface area (Å²) in [6.07, 6.45) is 0.00208. The number of thiophene rings is 1. The normalized spacial score (nSPS) is 9.91. The van der Waals surface area contributed by atoms with Gasteiger partial charge >= 0.3 is 5.97 Å². The van der Waals surface area contributed by atoms with Crippen molar-refractivity contribution in [3.05, 3.63) is 14.7 Å². The summed E-state index contributed by atoms with van der Waals surface area (Å²) < 4.78 is 0.777. The van der Waals surface area contributed by atoms with Crippen LogP contribution in [0, 0.1) is 0 Å². The molecule has 0 spiro atoms. The third-order valence-electron chi connectivity index (χ3n) is 1.17. The molecule has 0 aliphatic heterocycles. The molecule has 0 amide bonds. The van der Waals surface area contributed by atoms with Crippen LogP contribution in [0.2, 0.25) is 0 Å². The molecule has 0 atom stereocenters. The predicted molar refractivity (Wildman–Crippen MR) is 47.8 cm³/mol. The topological polar surface area (TPSA) is 63.3 Å². The Bertz CT molecular complexity index is 284. The van der Waals surface area contributed by atoms with Crippen molar-refractivity contribution >= 4 is 38.9 Å². The third-order valence-corrected chi connectivity index (χ3v) is 3.14. The van der Waals surface area contributed by atoms with Gasteiger partial charge in [0.15, 0.2) is 0 Å². The number of hydrogen-bond acceptors (Lipinski definition) is 3. The molecule has 0 aromatic carbocycles. The smallest absolute Gasteiger partial charge is 0.308 e. The van der Waals surface area contributed by atoms with Crippen LogP contribution < -0.4 is 5.73 Å². The van der Waals surface area contributed by atoms with Crippen LogP contribution in [0.4, 0.5) is 5.69 Å². The van der Waals surface area contributed by atoms with E-state index in [9.17, 15) is 4.79 Å². The Labute approximate surface area is 76.0 Å². The van der Waals surface area contributed by atoms with Gasteiger partial charge < -0.3 is 10.8 Å². The lowest BCUT2D eigenvalue weighted by molar-refractivity contribution is -0.136. The predicted octanol–water partition coefficient (Wildman–Crippen LogP) is 1.72. The van der Waals surface area contributed by atoms with Crippen molar-refractivity contribution in [2.45, 2.75) is 6.42 Å². The summed E-state index contributed by atoms with van der Waals surface area (Å²) in [5, 5.41) is 10.2. The monoisotopic (exact) mass is 235 g/mol. The Morgan fingerprint density at radius 2 is 2.45 bits per heavy atom. The van der Waals surface area contributed by atoms with E-state index in [1.54, 1.807) is 5.38 Å². The van der Waals surface area contributed by atoms with E-state index in [1.807, 2.05) is 0 Å². The Balaban J connectivity index is 2.87. The van der Waals surface area contributed by atoms with E-state index in [0.29, 0.717) is 10.6 Å². The first-order valence-electron chi connectivity index (χ1n) is 2.84. The number of anilines is 1. The summed E-state index contributed by atoms with van der Waals surface area (Å²) >= 11 is 4.55. The highest BCUT2D eigenvalue weighted by atomic mass is 79.9. The van der Waals surface area contributed by atoms with Crippen molar-refractivity contribution in [2.75, 3.05) is 5.73 Å². The number of nitrogen functional groups attached to an aromatic ring is 1. The fourth-order valence-corrected chi connectivity index (χ4v) is 2.12. The van der Waals surface area contributed by atoms with Gasteiger partial charge in [-0.25, -0.2) is 0 Å². The quantitative estimate of drug-likeness (QED) is 0.821. The molecule has 3 nitrogen and oxygen atoms in total. The van der Waals surface area contributed by atoms with Gasteiger partial charge in [-0.3, -0.25) is 4.79 Å². The number of carbonyl (C=O) groups is 1. The van der Waals surface area contributed by atoms with Crippen molar-refractivity contribution in [1.82, 2.24) is 0 Å². The van der Waals surface area contributed by atoms with Gasteiger partial charge in [-0.1, -0.05) is 0 Å². The molecule has 1 rings (SSSR count). The summed E-state index contributed by atoms with van der Waals surface area (Å²) in [5.41, 5.74) is 6.09. The molecular formula is C6H6BrNO2S. The number of carboxylic acids is 1. The molecule has 5 heteroatoms. The molecule has 0 radical (unpaired) electrons. The average Bonchev–Trinajstić information content (AvgIpc) is 2.18. The van der Waals surface area contributed by atoms with E-state index in [2.05, 4.69) is 15.9 Å². The molecule has 1 aromatic rings. The molecule has 0 saturated heterocycles. The van der Waals surface area contributed by atoms with Crippen LogP contribution in [-0.4, -0.2) is 11.1 Å². The molecule has 11 heavy (non-hydrogen) atoms. The van der Waals surface area contributed by atoms with E-state index in [0.717, 1.165) is 4.47 Å². The van der Waals surface area contributed by atoms with Crippen molar-refractivity contribution in [3.63, 3.8) is 0 Å². The summed E-state index contributed by atoms with van der Waals surface area (Å²) in [4.78, 5) is 11.0. The largest absolute Gasteiger partial charge is 0.481 e. The van der Waals surface area contributed by atoms with Crippen LogP contribution in [0.15, 0.2) is 9.85 Å². The number of rotatable bonds is 2. The van der Waals surface area contributed by atoms with E-state index >= 15 is 0 Å². The SMILES string of the molecule is Nc1c(Br)csc1CC(=O)O. The zero-order valence-electron chi connectivity index (χ0n) is 5.50. The van der Waals surface area contributed by atoms with Gasteiger partial charge in [-0.2, -0.15) is 0 Å². The van der Waals surface area contributed by atoms with Crippen LogP contribution in [0.1, 0.15) is 4.88 Å². The molecule has 3 N–H and O–H groups in total. The maximum absolute atomic E-state index is 10.3. The lowest BCUT2D eigenvalue weighted by atomic mass is 10.3. The highest BCUT2D eigenvalue weighted by molar-refractivity contribution is 9.10. The third kappa shape index (κ3) is 1.94. The lowest BCUT2D eigenvalue weighted by Crippen LogP contribution is -2.00. The first kappa shape index (κ1) is 8.55. The molecule has 60 valence electrons. The number of halogens is 1. The molecule has 0 aliphatic carbocycles. The fraction of sp³-hybridized carbons (Fsp3) is 0.167. The van der Waals surface area contributed by atoms with Gasteiger partial charge in [0.2, 0.25) is 0 Å². The molecule has 0 unspecified atom stereocenters. The summed E-state index contributed by atoms with van der Waals surface area (Å²) in [6, 6.07) is 0. The molecule has 0 saturated carbocycles. The Hall–Kier alpha value is -0.550. The van der Waals surface area contributed by atoms with Crippen molar-refractivity contribution in [3.8, 4) is 0 Å². The number of hydrogen-bond donors (Lipinski definition) is 2. The summed E-state index contributed by atoms with van der Waals surface area (Å²) in [7, 11) is 0. The Kier molecular flexibility index (Phi) is 2.51. The highest BCUT2D eigenvalue weighted by Crippen LogP contribution is 2.29. The standard InChI is InChI=1S/C6H6BrNO2S/c7-3-2-11-4(6(3)8)1-5(9)10/h2H,1,8H2,(H,9,10). The van der Waals surface area contributed by atoms with Crippen molar-refractivity contribution in [1.29, 1.82) is 0 Å². The molecule has 1 heterocycles. The summed E-state index contributed by atoms with van der Waals surface area (Å²) in [6.45, 7) is 0. The van der Waals surface area contributed by atoms with Gasteiger partial charge in [0.1, 0.15) is 0 Å². The molecule has 0 fully saturated rings. The zero-order valence-corrected chi connectivity index (χ0v) is 7.91. The molecular weight excluding hydrogens is 230 g/mol. The van der Waals surface area contributed by atoms with E-state index in [-0.39, 0.29) is 6.42 Å². The minimum absolute atomic E-state index is 0.00208. The van der Waals surface area contributed by atoms with Crippen molar-refractivity contribution in [2.24, 2.45) is 0 Å². The molecule has 0 aliphatic rings. The second-order valence-corrected chi connectivity index (χ2v) is 3.81. The van der Waals surface area contributed by atoms with Crippen LogP contribution in [0.25, 0.3) is 0 Å². The first-order chi connectivity index (χ1) is 5.11. The maximum Gasteiger partial charge on any atom is 0.308 e. The van der Waals surface area contributed by atoms with Gasteiger partial charge in [0, 0.05) is 10.3 Å². The lowest BCUT2D eigenvalue weighted by Gasteiger charge is -1.93. The van der Waals surface area contributed by atoms with E-state index in [4.69, 9.17) is 10.8 Å². The first-order valence-corrected chi connectivity index (χ1v) is 4.51. The second kappa shape index (κ2) is 3.23. The Morgan fingerprint density at radius 3 is 2.82 bits per heavy atom. The molecule has 0 bridgehead atoms.